The van der Waals surface area contributed by atoms with Gasteiger partial charge in [0.05, 0.1) is 0 Å². The summed E-state index contributed by atoms with van der Waals surface area (Å²) >= 11 is 1.66. The van der Waals surface area contributed by atoms with Gasteiger partial charge in [-0.05, 0) is 25.1 Å². The summed E-state index contributed by atoms with van der Waals surface area (Å²) in [6.45, 7) is 5.49. The molecule has 102 valence electrons. The molecule has 0 aliphatic rings. The van der Waals surface area contributed by atoms with Gasteiger partial charge in [0, 0.05) is 20.9 Å². The highest BCUT2D eigenvalue weighted by atomic mass is 32.2. The van der Waals surface area contributed by atoms with Gasteiger partial charge >= 0.3 is 5.97 Å². The molecule has 0 bridgehead atoms. The van der Waals surface area contributed by atoms with Gasteiger partial charge in [0.15, 0.2) is 0 Å². The van der Waals surface area contributed by atoms with E-state index in [4.69, 9.17) is 4.74 Å². The summed E-state index contributed by atoms with van der Waals surface area (Å²) in [5, 5.41) is 0. The third kappa shape index (κ3) is 4.00. The molecule has 0 saturated carbocycles. The fraction of sp³-hybridized carbons (Fsp3) is 0.118. The van der Waals surface area contributed by atoms with Gasteiger partial charge in [0.25, 0.3) is 0 Å². The van der Waals surface area contributed by atoms with Gasteiger partial charge in [-0.2, -0.15) is 0 Å². The summed E-state index contributed by atoms with van der Waals surface area (Å²) in [7, 11) is 0. The van der Waals surface area contributed by atoms with Crippen LogP contribution in [0.4, 0.5) is 0 Å². The molecule has 3 heteroatoms. The molecule has 0 saturated heterocycles. The van der Waals surface area contributed by atoms with Crippen molar-refractivity contribution in [2.24, 2.45) is 0 Å². The second-order valence-corrected chi connectivity index (χ2v) is 5.49. The second kappa shape index (κ2) is 6.96. The van der Waals surface area contributed by atoms with Crippen molar-refractivity contribution in [1.29, 1.82) is 0 Å². The van der Waals surface area contributed by atoms with Crippen LogP contribution in [0.1, 0.15) is 12.5 Å². The molecule has 0 aliphatic carbocycles. The van der Waals surface area contributed by atoms with Crippen molar-refractivity contribution < 1.29 is 9.53 Å². The smallest absolute Gasteiger partial charge is 0.333 e. The van der Waals surface area contributed by atoms with Crippen LogP contribution in [0.3, 0.4) is 0 Å². The molecular weight excluding hydrogens is 268 g/mol. The molecule has 0 radical (unpaired) electrons. The molecule has 0 N–H and O–H groups in total. The molecule has 2 aromatic carbocycles. The lowest BCUT2D eigenvalue weighted by atomic mass is 10.2. The van der Waals surface area contributed by atoms with Gasteiger partial charge in [-0.1, -0.05) is 54.7 Å². The number of hydrogen-bond donors (Lipinski definition) is 0. The Morgan fingerprint density at radius 2 is 1.75 bits per heavy atom. The van der Waals surface area contributed by atoms with E-state index in [1.165, 1.54) is 0 Å². The zero-order chi connectivity index (χ0) is 14.4. The third-order valence-electron chi connectivity index (χ3n) is 2.65. The highest BCUT2D eigenvalue weighted by Crippen LogP contribution is 2.30. The van der Waals surface area contributed by atoms with Gasteiger partial charge in [-0.15, -0.1) is 0 Å². The second-order valence-electron chi connectivity index (χ2n) is 4.38. The first-order chi connectivity index (χ1) is 9.66. The van der Waals surface area contributed by atoms with Crippen LogP contribution in [0.25, 0.3) is 0 Å². The van der Waals surface area contributed by atoms with Crippen molar-refractivity contribution in [3.63, 3.8) is 0 Å². The Bertz CT molecular complexity index is 605. The monoisotopic (exact) mass is 284 g/mol. The number of carbonyl (C=O) groups is 1. The van der Waals surface area contributed by atoms with Crippen LogP contribution in [0.15, 0.2) is 76.5 Å². The van der Waals surface area contributed by atoms with E-state index in [1.807, 2.05) is 42.5 Å². The molecular formula is C17H16O2S. The Hall–Kier alpha value is -2.00. The highest BCUT2D eigenvalue weighted by molar-refractivity contribution is 7.99. The van der Waals surface area contributed by atoms with Gasteiger partial charge in [-0.3, -0.25) is 0 Å². The molecule has 0 amide bonds. The average Bonchev–Trinajstić information content (AvgIpc) is 2.47. The summed E-state index contributed by atoms with van der Waals surface area (Å²) in [6, 6.07) is 18.0. The molecule has 2 nitrogen and oxygen atoms in total. The highest BCUT2D eigenvalue weighted by Gasteiger charge is 2.08. The Kier molecular flexibility index (Phi) is 5.02. The van der Waals surface area contributed by atoms with Gasteiger partial charge in [-0.25, -0.2) is 4.79 Å². The maximum atomic E-state index is 11.5. The summed E-state index contributed by atoms with van der Waals surface area (Å²) in [4.78, 5) is 13.7. The van der Waals surface area contributed by atoms with Crippen LogP contribution in [-0.4, -0.2) is 5.97 Å². The molecule has 0 aliphatic heterocycles. The number of carbonyl (C=O) groups excluding carboxylic acids is 1. The number of esters is 1. The first kappa shape index (κ1) is 14.4. The number of benzene rings is 2. The summed E-state index contributed by atoms with van der Waals surface area (Å²) < 4.78 is 5.22. The molecule has 0 aromatic heterocycles. The van der Waals surface area contributed by atoms with Crippen molar-refractivity contribution in [3.05, 3.63) is 72.3 Å². The Morgan fingerprint density at radius 3 is 2.45 bits per heavy atom. The first-order valence-corrected chi connectivity index (χ1v) is 7.12. The minimum Gasteiger partial charge on any atom is -0.457 e. The van der Waals surface area contributed by atoms with E-state index < -0.39 is 0 Å². The fourth-order valence-electron chi connectivity index (χ4n) is 1.60. The fourth-order valence-corrected chi connectivity index (χ4v) is 2.56. The molecule has 0 fully saturated rings. The van der Waals surface area contributed by atoms with Crippen LogP contribution >= 0.6 is 11.8 Å². The maximum Gasteiger partial charge on any atom is 0.333 e. The Balaban J connectivity index is 2.10. The van der Waals surface area contributed by atoms with Crippen LogP contribution in [0.2, 0.25) is 0 Å². The zero-order valence-electron chi connectivity index (χ0n) is 11.3. The van der Waals surface area contributed by atoms with E-state index in [-0.39, 0.29) is 12.6 Å². The van der Waals surface area contributed by atoms with Crippen LogP contribution in [-0.2, 0) is 16.1 Å². The van der Waals surface area contributed by atoms with Gasteiger partial charge in [0.1, 0.15) is 6.61 Å². The zero-order valence-corrected chi connectivity index (χ0v) is 12.2. The topological polar surface area (TPSA) is 26.3 Å². The van der Waals surface area contributed by atoms with E-state index >= 15 is 0 Å². The van der Waals surface area contributed by atoms with E-state index in [9.17, 15) is 4.79 Å². The first-order valence-electron chi connectivity index (χ1n) is 6.30. The largest absolute Gasteiger partial charge is 0.457 e. The molecule has 20 heavy (non-hydrogen) atoms. The van der Waals surface area contributed by atoms with Crippen molar-refractivity contribution in [2.45, 2.75) is 23.3 Å². The van der Waals surface area contributed by atoms with E-state index in [2.05, 4.69) is 18.7 Å². The molecule has 0 atom stereocenters. The maximum absolute atomic E-state index is 11.5. The van der Waals surface area contributed by atoms with Crippen molar-refractivity contribution in [3.8, 4) is 0 Å². The molecule has 0 unspecified atom stereocenters. The lowest BCUT2D eigenvalue weighted by Gasteiger charge is -2.10. The molecule has 2 rings (SSSR count). The van der Waals surface area contributed by atoms with Crippen molar-refractivity contribution in [2.75, 3.05) is 0 Å². The third-order valence-corrected chi connectivity index (χ3v) is 3.78. The minimum absolute atomic E-state index is 0.266. The normalized spacial score (nSPS) is 10.1. The SMILES string of the molecule is C=C(C)C(=O)OCc1ccccc1Sc1ccccc1. The number of ether oxygens (including phenoxy) is 1. The summed E-state index contributed by atoms with van der Waals surface area (Å²) in [5.41, 5.74) is 1.41. The predicted molar refractivity (Wildman–Crippen MR) is 81.6 cm³/mol. The van der Waals surface area contributed by atoms with Crippen LogP contribution < -0.4 is 0 Å². The van der Waals surface area contributed by atoms with E-state index in [0.29, 0.717) is 5.57 Å². The van der Waals surface area contributed by atoms with Gasteiger partial charge < -0.3 is 4.74 Å². The van der Waals surface area contributed by atoms with Crippen molar-refractivity contribution >= 4 is 17.7 Å². The standard InChI is InChI=1S/C17H16O2S/c1-13(2)17(18)19-12-14-8-6-7-11-16(14)20-15-9-4-3-5-10-15/h3-11H,1,12H2,2H3. The minimum atomic E-state index is -0.357. The molecule has 0 heterocycles. The van der Waals surface area contributed by atoms with Crippen LogP contribution in [0.5, 0.6) is 0 Å². The van der Waals surface area contributed by atoms with Gasteiger partial charge in [0.2, 0.25) is 0 Å². The number of rotatable bonds is 5. The number of hydrogen-bond acceptors (Lipinski definition) is 3. The lowest BCUT2D eigenvalue weighted by molar-refractivity contribution is -0.140. The molecule has 0 spiro atoms. The molecule has 2 aromatic rings. The van der Waals surface area contributed by atoms with Crippen molar-refractivity contribution in [1.82, 2.24) is 0 Å². The predicted octanol–water partition coefficient (Wildman–Crippen LogP) is 4.46. The summed E-state index contributed by atoms with van der Waals surface area (Å²) in [6.07, 6.45) is 0. The van der Waals surface area contributed by atoms with Crippen LogP contribution in [0, 0.1) is 0 Å². The summed E-state index contributed by atoms with van der Waals surface area (Å²) in [5.74, 6) is -0.357. The lowest BCUT2D eigenvalue weighted by Crippen LogP contribution is -2.05. The average molecular weight is 284 g/mol. The Labute approximate surface area is 123 Å². The van der Waals surface area contributed by atoms with E-state index in [1.54, 1.807) is 18.7 Å². The van der Waals surface area contributed by atoms with E-state index in [0.717, 1.165) is 15.4 Å². The Morgan fingerprint density at radius 1 is 1.10 bits per heavy atom. The quantitative estimate of drug-likeness (QED) is 0.599.